The zero-order valence-corrected chi connectivity index (χ0v) is 20.4. The number of rotatable bonds is 7. The van der Waals surface area contributed by atoms with E-state index in [4.69, 9.17) is 4.98 Å². The first-order valence-electron chi connectivity index (χ1n) is 12.2. The van der Waals surface area contributed by atoms with E-state index in [0.717, 1.165) is 59.3 Å². The van der Waals surface area contributed by atoms with Crippen LogP contribution in [0.25, 0.3) is 21.9 Å². The van der Waals surface area contributed by atoms with E-state index in [0.29, 0.717) is 25.9 Å². The highest BCUT2D eigenvalue weighted by Crippen LogP contribution is 2.31. The Morgan fingerprint density at radius 2 is 2.03 bits per heavy atom. The third kappa shape index (κ3) is 4.84. The van der Waals surface area contributed by atoms with E-state index >= 15 is 0 Å². The number of benzene rings is 1. The molecule has 3 aromatic heterocycles. The quantitative estimate of drug-likeness (QED) is 0.444. The molecule has 4 aromatic rings. The summed E-state index contributed by atoms with van der Waals surface area (Å²) in [5, 5.41) is 12.4. The monoisotopic (exact) mass is 472 g/mol. The molecule has 4 heterocycles. The Balaban J connectivity index is 1.19. The number of fused-ring (bicyclic) bond motifs is 2. The summed E-state index contributed by atoms with van der Waals surface area (Å²) in [5.41, 5.74) is 3.04. The van der Waals surface area contributed by atoms with Gasteiger partial charge >= 0.3 is 0 Å². The zero-order chi connectivity index (χ0) is 24.4. The van der Waals surface area contributed by atoms with E-state index in [1.54, 1.807) is 24.3 Å². The van der Waals surface area contributed by atoms with Crippen molar-refractivity contribution in [2.75, 3.05) is 31.6 Å². The van der Waals surface area contributed by atoms with Crippen molar-refractivity contribution >= 4 is 33.5 Å². The predicted molar refractivity (Wildman–Crippen MR) is 137 cm³/mol. The summed E-state index contributed by atoms with van der Waals surface area (Å²) >= 11 is 0. The van der Waals surface area contributed by atoms with Gasteiger partial charge in [-0.05, 0) is 43.5 Å². The van der Waals surface area contributed by atoms with Crippen molar-refractivity contribution in [2.45, 2.75) is 37.7 Å². The topological polar surface area (TPSA) is 87.4 Å². The van der Waals surface area contributed by atoms with Crippen LogP contribution in [0.5, 0.6) is 0 Å². The number of imidazole rings is 1. The molecule has 1 saturated heterocycles. The number of anilines is 1. The molecule has 5 rings (SSSR count). The molecule has 0 unspecified atom stereocenters. The first kappa shape index (κ1) is 23.2. The molecule has 35 heavy (non-hydrogen) atoms. The second-order valence-corrected chi connectivity index (χ2v) is 9.65. The van der Waals surface area contributed by atoms with Gasteiger partial charge in [-0.1, -0.05) is 12.1 Å². The van der Waals surface area contributed by atoms with Crippen molar-refractivity contribution in [2.24, 2.45) is 7.05 Å². The lowest BCUT2D eigenvalue weighted by Gasteiger charge is -2.42. The average molecular weight is 473 g/mol. The fourth-order valence-corrected chi connectivity index (χ4v) is 5.24. The molecule has 0 spiro atoms. The Hall–Kier alpha value is -3.52. The molecule has 1 fully saturated rings. The third-order valence-corrected chi connectivity index (χ3v) is 7.04. The van der Waals surface area contributed by atoms with Crippen LogP contribution in [0.1, 0.15) is 31.5 Å². The molecular weight excluding hydrogens is 440 g/mol. The van der Waals surface area contributed by atoms with Gasteiger partial charge in [-0.3, -0.25) is 14.8 Å². The number of piperidine rings is 1. The normalized spacial score (nSPS) is 18.3. The van der Waals surface area contributed by atoms with Gasteiger partial charge in [-0.15, -0.1) is 0 Å². The Bertz CT molecular complexity index is 1350. The van der Waals surface area contributed by atoms with E-state index in [-0.39, 0.29) is 5.91 Å². The van der Waals surface area contributed by atoms with E-state index < -0.39 is 5.60 Å². The maximum Gasteiger partial charge on any atom is 0.222 e. The maximum atomic E-state index is 12.9. The van der Waals surface area contributed by atoms with Crippen LogP contribution in [0.3, 0.4) is 0 Å². The van der Waals surface area contributed by atoms with Crippen molar-refractivity contribution < 1.29 is 9.90 Å². The SMILES string of the molecule is CN(C[C@]1(O)CCCN(c2ccnc3ccncc23)C1)C(=O)CCCc1nc2ccccc2n1C. The lowest BCUT2D eigenvalue weighted by Crippen LogP contribution is -2.54. The number of amides is 1. The van der Waals surface area contributed by atoms with E-state index in [1.807, 2.05) is 43.6 Å². The number of nitrogens with zero attached hydrogens (tertiary/aromatic N) is 6. The van der Waals surface area contributed by atoms with Crippen LogP contribution in [-0.4, -0.2) is 67.7 Å². The largest absolute Gasteiger partial charge is 0.386 e. The first-order chi connectivity index (χ1) is 16.9. The van der Waals surface area contributed by atoms with Crippen LogP contribution in [0.4, 0.5) is 5.69 Å². The average Bonchev–Trinajstić information content (AvgIpc) is 3.18. The van der Waals surface area contributed by atoms with Crippen molar-refractivity contribution in [3.63, 3.8) is 0 Å². The van der Waals surface area contributed by atoms with Gasteiger partial charge < -0.3 is 19.5 Å². The molecule has 182 valence electrons. The van der Waals surface area contributed by atoms with Gasteiger partial charge in [0.15, 0.2) is 0 Å². The standard InChI is InChI=1S/C27H32N6O2/c1-31(26(34)10-5-9-25-30-22-7-3-4-8-24(22)32(25)2)18-27(35)13-6-16-33(19-27)23-12-15-29-21-11-14-28-17-20(21)23/h3-4,7-8,11-12,14-15,17,35H,5-6,9-10,13,16,18-19H2,1-2H3/t27-/m1/s1. The summed E-state index contributed by atoms with van der Waals surface area (Å²) in [7, 11) is 3.81. The van der Waals surface area contributed by atoms with Gasteiger partial charge in [-0.2, -0.15) is 0 Å². The van der Waals surface area contributed by atoms with Gasteiger partial charge in [0.2, 0.25) is 5.91 Å². The highest BCUT2D eigenvalue weighted by molar-refractivity contribution is 5.90. The molecule has 1 aliphatic rings. The molecule has 1 aromatic carbocycles. The molecule has 0 bridgehead atoms. The predicted octanol–water partition coefficient (Wildman–Crippen LogP) is 3.33. The molecule has 8 heteroatoms. The fraction of sp³-hybridized carbons (Fsp3) is 0.407. The Morgan fingerprint density at radius 1 is 1.17 bits per heavy atom. The second kappa shape index (κ2) is 9.62. The summed E-state index contributed by atoms with van der Waals surface area (Å²) in [5.74, 6) is 1.04. The first-order valence-corrected chi connectivity index (χ1v) is 12.2. The van der Waals surface area contributed by atoms with E-state index in [2.05, 4.69) is 25.5 Å². The number of aliphatic hydroxyl groups is 1. The van der Waals surface area contributed by atoms with Crippen LogP contribution >= 0.6 is 0 Å². The number of para-hydroxylation sites is 2. The van der Waals surface area contributed by atoms with Crippen LogP contribution in [-0.2, 0) is 18.3 Å². The summed E-state index contributed by atoms with van der Waals surface area (Å²) in [6.45, 7) is 1.64. The second-order valence-electron chi connectivity index (χ2n) is 9.65. The van der Waals surface area contributed by atoms with Gasteiger partial charge in [0, 0.05) is 69.7 Å². The summed E-state index contributed by atoms with van der Waals surface area (Å²) < 4.78 is 2.10. The number of β-amino-alcohol motifs (C(OH)–C–C–N with tert-alkyl or cyclic N) is 1. The number of aryl methyl sites for hydroxylation is 2. The number of likely N-dealkylation sites (N-methyl/N-ethyl adjacent to an activating group) is 1. The number of hydrogen-bond donors (Lipinski definition) is 1. The van der Waals surface area contributed by atoms with Gasteiger partial charge in [-0.25, -0.2) is 4.98 Å². The highest BCUT2D eigenvalue weighted by atomic mass is 16.3. The van der Waals surface area contributed by atoms with E-state index in [9.17, 15) is 9.90 Å². The van der Waals surface area contributed by atoms with Crippen molar-refractivity contribution in [1.29, 1.82) is 0 Å². The lowest BCUT2D eigenvalue weighted by molar-refractivity contribution is -0.133. The Labute approximate surface area is 205 Å². The molecule has 1 aliphatic heterocycles. The van der Waals surface area contributed by atoms with Gasteiger partial charge in [0.05, 0.1) is 28.7 Å². The maximum absolute atomic E-state index is 12.9. The smallest absolute Gasteiger partial charge is 0.222 e. The molecule has 1 atom stereocenters. The van der Waals surface area contributed by atoms with E-state index in [1.165, 1.54) is 0 Å². The third-order valence-electron chi connectivity index (χ3n) is 7.04. The molecule has 1 N–H and O–H groups in total. The summed E-state index contributed by atoms with van der Waals surface area (Å²) in [6, 6.07) is 11.9. The summed E-state index contributed by atoms with van der Waals surface area (Å²) in [6.07, 6.45) is 8.78. The summed E-state index contributed by atoms with van der Waals surface area (Å²) in [4.78, 5) is 30.2. The number of aromatic nitrogens is 4. The van der Waals surface area contributed by atoms with Crippen LogP contribution in [0.2, 0.25) is 0 Å². The molecule has 0 radical (unpaired) electrons. The molecule has 8 nitrogen and oxygen atoms in total. The number of hydrogen-bond acceptors (Lipinski definition) is 6. The van der Waals surface area contributed by atoms with Crippen LogP contribution in [0, 0.1) is 0 Å². The number of pyridine rings is 2. The molecule has 0 aliphatic carbocycles. The minimum absolute atomic E-state index is 0.0490. The number of carbonyl (C=O) groups is 1. The van der Waals surface area contributed by atoms with Gasteiger partial charge in [0.1, 0.15) is 5.82 Å². The minimum Gasteiger partial charge on any atom is -0.386 e. The Morgan fingerprint density at radius 3 is 2.89 bits per heavy atom. The molecule has 1 amide bonds. The fourth-order valence-electron chi connectivity index (χ4n) is 5.24. The zero-order valence-electron chi connectivity index (χ0n) is 20.4. The minimum atomic E-state index is -0.960. The van der Waals surface area contributed by atoms with Crippen molar-refractivity contribution in [3.8, 4) is 0 Å². The van der Waals surface area contributed by atoms with Crippen molar-refractivity contribution in [1.82, 2.24) is 24.4 Å². The molecule has 0 saturated carbocycles. The molecular formula is C27H32N6O2. The van der Waals surface area contributed by atoms with Gasteiger partial charge in [0.25, 0.3) is 0 Å². The van der Waals surface area contributed by atoms with Crippen LogP contribution < -0.4 is 4.90 Å². The lowest BCUT2D eigenvalue weighted by atomic mass is 9.91. The number of carbonyl (C=O) groups excluding carboxylic acids is 1. The van der Waals surface area contributed by atoms with Crippen LogP contribution in [0.15, 0.2) is 55.0 Å². The Kier molecular flexibility index (Phi) is 6.38. The highest BCUT2D eigenvalue weighted by Gasteiger charge is 2.36. The van der Waals surface area contributed by atoms with Crippen molar-refractivity contribution in [3.05, 3.63) is 60.8 Å².